The summed E-state index contributed by atoms with van der Waals surface area (Å²) in [6.45, 7) is 1.96. The van der Waals surface area contributed by atoms with E-state index in [0.717, 1.165) is 15.7 Å². The minimum absolute atomic E-state index is 0.723. The van der Waals surface area contributed by atoms with Gasteiger partial charge in [-0.25, -0.2) is 0 Å². The molecule has 1 aromatic heterocycles. The van der Waals surface area contributed by atoms with Crippen molar-refractivity contribution < 1.29 is 0 Å². The summed E-state index contributed by atoms with van der Waals surface area (Å²) in [6, 6.07) is 3.95. The molecule has 1 aliphatic heterocycles. The van der Waals surface area contributed by atoms with E-state index >= 15 is 0 Å². The number of nitrogens with one attached hydrogen (secondary N) is 1. The largest absolute Gasteiger partial charge is 0.270 e. The van der Waals surface area contributed by atoms with Crippen LogP contribution in [0.2, 0.25) is 0 Å². The van der Waals surface area contributed by atoms with Crippen LogP contribution in [0.4, 0.5) is 5.69 Å². The van der Waals surface area contributed by atoms with Crippen LogP contribution in [-0.4, -0.2) is 4.98 Å². The zero-order valence-corrected chi connectivity index (χ0v) is 8.56. The Kier molecular flexibility index (Phi) is 2.44. The number of rotatable bonds is 1. The van der Waals surface area contributed by atoms with Crippen LogP contribution in [0.3, 0.4) is 0 Å². The van der Waals surface area contributed by atoms with Crippen LogP contribution in [0.5, 0.6) is 0 Å². The predicted octanol–water partition coefficient (Wildman–Crippen LogP) is 2.40. The van der Waals surface area contributed by atoms with Gasteiger partial charge >= 0.3 is 0 Å². The van der Waals surface area contributed by atoms with Crippen LogP contribution in [0, 0.1) is 6.92 Å². The highest BCUT2D eigenvalue weighted by molar-refractivity contribution is 8.03. The maximum Gasteiger partial charge on any atom is 0.108 e. The van der Waals surface area contributed by atoms with E-state index in [0.29, 0.717) is 0 Å². The number of nitrogens with zero attached hydrogens (tertiary/aromatic N) is 2. The second-order valence-corrected chi connectivity index (χ2v) is 4.11. The maximum absolute atomic E-state index is 5.79. The molecule has 0 unspecified atom stereocenters. The first-order valence-corrected chi connectivity index (χ1v) is 4.97. The molecule has 0 amide bonds. The molecule has 0 bridgehead atoms. The zero-order valence-electron chi connectivity index (χ0n) is 6.99. The summed E-state index contributed by atoms with van der Waals surface area (Å²) in [6.07, 6.45) is 3.62. The first kappa shape index (κ1) is 8.87. The van der Waals surface area contributed by atoms with Crippen molar-refractivity contribution in [1.82, 2.24) is 9.82 Å². The van der Waals surface area contributed by atoms with Gasteiger partial charge in [0.05, 0.1) is 11.9 Å². The smallest absolute Gasteiger partial charge is 0.108 e. The van der Waals surface area contributed by atoms with E-state index in [9.17, 15) is 0 Å². The average molecular weight is 214 g/mol. The molecule has 0 saturated heterocycles. The first-order chi connectivity index (χ1) is 6.25. The van der Waals surface area contributed by atoms with Crippen LogP contribution >= 0.6 is 23.5 Å². The summed E-state index contributed by atoms with van der Waals surface area (Å²) in [5, 5.41) is 1.83. The molecule has 0 atom stereocenters. The molecule has 0 fully saturated rings. The van der Waals surface area contributed by atoms with Crippen molar-refractivity contribution in [2.75, 3.05) is 5.01 Å². The Bertz CT molecular complexity index is 336. The van der Waals surface area contributed by atoms with Gasteiger partial charge in [0.15, 0.2) is 0 Å². The van der Waals surface area contributed by atoms with Crippen molar-refractivity contribution in [3.8, 4) is 0 Å². The lowest BCUT2D eigenvalue weighted by Crippen LogP contribution is -2.22. The molecule has 0 aromatic carbocycles. The van der Waals surface area contributed by atoms with Crippen molar-refractivity contribution in [2.24, 2.45) is 0 Å². The van der Waals surface area contributed by atoms with Gasteiger partial charge in [-0.3, -0.25) is 9.99 Å². The van der Waals surface area contributed by atoms with Gasteiger partial charge < -0.3 is 0 Å². The molecule has 3 nitrogen and oxygen atoms in total. The van der Waals surface area contributed by atoms with Gasteiger partial charge in [-0.2, -0.15) is 4.83 Å². The summed E-state index contributed by atoms with van der Waals surface area (Å²) in [5.41, 5.74) is 1.99. The van der Waals surface area contributed by atoms with Gasteiger partial charge in [-0.1, -0.05) is 11.6 Å². The fourth-order valence-corrected chi connectivity index (χ4v) is 1.68. The molecular formula is C8H8ClN3S. The van der Waals surface area contributed by atoms with Crippen molar-refractivity contribution >= 4 is 29.2 Å². The number of hydrazine groups is 1. The maximum atomic E-state index is 5.79. The standard InChI is InChI=1S/C8H8ClN3S/c1-6-2-3-7(4-10-6)12-5-8(9)13-11-12/h2-5,11H,1H3. The molecule has 1 aliphatic rings. The molecule has 0 aliphatic carbocycles. The van der Waals surface area contributed by atoms with Gasteiger partial charge in [0.2, 0.25) is 0 Å². The Morgan fingerprint density at radius 1 is 1.54 bits per heavy atom. The van der Waals surface area contributed by atoms with Crippen molar-refractivity contribution in [1.29, 1.82) is 0 Å². The Hall–Kier alpha value is -0.710. The van der Waals surface area contributed by atoms with Crippen LogP contribution in [0.25, 0.3) is 0 Å². The number of aryl methyl sites for hydroxylation is 1. The van der Waals surface area contributed by atoms with Gasteiger partial charge in [-0.05, 0) is 31.0 Å². The fourth-order valence-electron chi connectivity index (χ4n) is 0.977. The molecule has 2 rings (SSSR count). The zero-order chi connectivity index (χ0) is 9.26. The lowest BCUT2D eigenvalue weighted by Gasteiger charge is -2.13. The molecule has 0 spiro atoms. The Balaban J connectivity index is 2.22. The summed E-state index contributed by atoms with van der Waals surface area (Å²) < 4.78 is 0.723. The molecule has 13 heavy (non-hydrogen) atoms. The highest BCUT2D eigenvalue weighted by atomic mass is 35.5. The van der Waals surface area contributed by atoms with Gasteiger partial charge in [0.1, 0.15) is 4.36 Å². The van der Waals surface area contributed by atoms with E-state index < -0.39 is 0 Å². The van der Waals surface area contributed by atoms with Crippen molar-refractivity contribution in [3.05, 3.63) is 34.6 Å². The van der Waals surface area contributed by atoms with E-state index in [1.54, 1.807) is 6.20 Å². The average Bonchev–Trinajstić information content (AvgIpc) is 2.53. The predicted molar refractivity (Wildman–Crippen MR) is 56.1 cm³/mol. The van der Waals surface area contributed by atoms with E-state index in [1.165, 1.54) is 11.9 Å². The minimum Gasteiger partial charge on any atom is -0.270 e. The SMILES string of the molecule is Cc1ccc(N2C=C(Cl)SN2)cn1. The number of hydrogen-bond acceptors (Lipinski definition) is 4. The van der Waals surface area contributed by atoms with Crippen LogP contribution < -0.4 is 9.84 Å². The van der Waals surface area contributed by atoms with E-state index in [4.69, 9.17) is 11.6 Å². The van der Waals surface area contributed by atoms with Gasteiger partial charge in [-0.15, -0.1) is 0 Å². The van der Waals surface area contributed by atoms with Crippen molar-refractivity contribution in [2.45, 2.75) is 6.92 Å². The lowest BCUT2D eigenvalue weighted by atomic mass is 10.3. The van der Waals surface area contributed by atoms with Crippen LogP contribution in [0.1, 0.15) is 5.69 Å². The third-order valence-electron chi connectivity index (χ3n) is 1.65. The number of aromatic nitrogens is 1. The van der Waals surface area contributed by atoms with E-state index in [1.807, 2.05) is 30.3 Å². The van der Waals surface area contributed by atoms with Gasteiger partial charge in [0.25, 0.3) is 0 Å². The topological polar surface area (TPSA) is 28.2 Å². The highest BCUT2D eigenvalue weighted by Crippen LogP contribution is 2.27. The third-order valence-corrected chi connectivity index (χ3v) is 2.56. The van der Waals surface area contributed by atoms with Crippen LogP contribution in [-0.2, 0) is 0 Å². The molecule has 68 valence electrons. The summed E-state index contributed by atoms with van der Waals surface area (Å²) in [5.74, 6) is 0. The Morgan fingerprint density at radius 3 is 2.92 bits per heavy atom. The quantitative estimate of drug-likeness (QED) is 0.726. The van der Waals surface area contributed by atoms with E-state index in [-0.39, 0.29) is 0 Å². The molecule has 2 heterocycles. The number of pyridine rings is 1. The minimum atomic E-state index is 0.723. The molecule has 1 aromatic rings. The first-order valence-electron chi connectivity index (χ1n) is 3.77. The molecule has 0 radical (unpaired) electrons. The van der Waals surface area contributed by atoms with E-state index in [2.05, 4.69) is 9.82 Å². The summed E-state index contributed by atoms with van der Waals surface area (Å²) >= 11 is 7.17. The fraction of sp³-hybridized carbons (Fsp3) is 0.125. The number of halogens is 1. The Labute approximate surface area is 85.9 Å². The Morgan fingerprint density at radius 2 is 2.38 bits per heavy atom. The summed E-state index contributed by atoms with van der Waals surface area (Å²) in [4.78, 5) is 7.21. The highest BCUT2D eigenvalue weighted by Gasteiger charge is 2.12. The molecule has 0 saturated carbocycles. The van der Waals surface area contributed by atoms with Gasteiger partial charge in [0, 0.05) is 11.9 Å². The summed E-state index contributed by atoms with van der Waals surface area (Å²) in [7, 11) is 0. The molecular weight excluding hydrogens is 206 g/mol. The van der Waals surface area contributed by atoms with Crippen LogP contribution in [0.15, 0.2) is 28.9 Å². The number of anilines is 1. The normalized spacial score (nSPS) is 16.2. The lowest BCUT2D eigenvalue weighted by molar-refractivity contribution is 0.993. The second-order valence-electron chi connectivity index (χ2n) is 2.65. The monoisotopic (exact) mass is 213 g/mol. The third kappa shape index (κ3) is 1.96. The molecule has 5 heteroatoms. The van der Waals surface area contributed by atoms with Crippen molar-refractivity contribution in [3.63, 3.8) is 0 Å². The molecule has 1 N–H and O–H groups in total. The number of hydrogen-bond donors (Lipinski definition) is 1. The second kappa shape index (κ2) is 3.57.